The van der Waals surface area contributed by atoms with Gasteiger partial charge in [-0.25, -0.2) is 0 Å². The summed E-state index contributed by atoms with van der Waals surface area (Å²) in [4.78, 5) is 4.34. The fraction of sp³-hybridized carbons (Fsp3) is 0.583. The van der Waals surface area contributed by atoms with Crippen molar-refractivity contribution in [2.75, 3.05) is 7.05 Å². The summed E-state index contributed by atoms with van der Waals surface area (Å²) in [5, 5.41) is 14.3. The van der Waals surface area contributed by atoms with Gasteiger partial charge in [0.15, 0.2) is 11.5 Å². The SMILES string of the molecule is CNC(C)Cc1noc(-c2cc(C(C)C)[nH]n2)n1.Cl. The minimum atomic E-state index is 0. The molecular formula is C12H20ClN5O. The number of hydrogen-bond acceptors (Lipinski definition) is 5. The Bertz CT molecular complexity index is 508. The summed E-state index contributed by atoms with van der Waals surface area (Å²) >= 11 is 0. The lowest BCUT2D eigenvalue weighted by Crippen LogP contribution is -2.24. The zero-order chi connectivity index (χ0) is 13.1. The summed E-state index contributed by atoms with van der Waals surface area (Å²) in [5.74, 6) is 1.57. The molecule has 2 aromatic rings. The lowest BCUT2D eigenvalue weighted by atomic mass is 10.1. The van der Waals surface area contributed by atoms with Gasteiger partial charge in [0.1, 0.15) is 0 Å². The van der Waals surface area contributed by atoms with Crippen molar-refractivity contribution in [3.63, 3.8) is 0 Å². The maximum absolute atomic E-state index is 5.22. The maximum atomic E-state index is 5.22. The molecule has 0 saturated heterocycles. The first kappa shape index (κ1) is 15.7. The highest BCUT2D eigenvalue weighted by atomic mass is 35.5. The molecule has 2 rings (SSSR count). The van der Waals surface area contributed by atoms with E-state index in [1.165, 1.54) is 0 Å². The molecule has 2 aromatic heterocycles. The Balaban J connectivity index is 0.00000180. The molecule has 6 nitrogen and oxygen atoms in total. The molecule has 1 unspecified atom stereocenters. The molecule has 0 radical (unpaired) electrons. The van der Waals surface area contributed by atoms with Gasteiger partial charge in [-0.3, -0.25) is 5.10 Å². The summed E-state index contributed by atoms with van der Waals surface area (Å²) in [7, 11) is 1.91. The predicted octanol–water partition coefficient (Wildman–Crippen LogP) is 2.16. The van der Waals surface area contributed by atoms with Gasteiger partial charge >= 0.3 is 0 Å². The first-order valence-corrected chi connectivity index (χ1v) is 6.15. The highest BCUT2D eigenvalue weighted by molar-refractivity contribution is 5.85. The number of rotatable bonds is 5. The van der Waals surface area contributed by atoms with E-state index >= 15 is 0 Å². The summed E-state index contributed by atoms with van der Waals surface area (Å²) in [6, 6.07) is 2.27. The van der Waals surface area contributed by atoms with Crippen LogP contribution in [0.5, 0.6) is 0 Å². The van der Waals surface area contributed by atoms with Gasteiger partial charge in [0.2, 0.25) is 0 Å². The van der Waals surface area contributed by atoms with Crippen LogP contribution in [0.4, 0.5) is 0 Å². The van der Waals surface area contributed by atoms with E-state index in [4.69, 9.17) is 4.52 Å². The minimum Gasteiger partial charge on any atom is -0.332 e. The average molecular weight is 286 g/mol. The van der Waals surface area contributed by atoms with E-state index in [0.29, 0.717) is 29.4 Å². The second kappa shape index (κ2) is 6.68. The van der Waals surface area contributed by atoms with Crippen LogP contribution in [0, 0.1) is 0 Å². The summed E-state index contributed by atoms with van der Waals surface area (Å²) in [6.07, 6.45) is 0.738. The van der Waals surface area contributed by atoms with Crippen LogP contribution in [0.3, 0.4) is 0 Å². The number of nitrogens with one attached hydrogen (secondary N) is 2. The van der Waals surface area contributed by atoms with Crippen molar-refractivity contribution in [3.05, 3.63) is 17.6 Å². The Morgan fingerprint density at radius 2 is 2.11 bits per heavy atom. The third-order valence-corrected chi connectivity index (χ3v) is 2.89. The molecule has 0 amide bonds. The molecule has 1 atom stereocenters. The number of aromatic nitrogens is 4. The molecule has 106 valence electrons. The van der Waals surface area contributed by atoms with Crippen molar-refractivity contribution in [1.82, 2.24) is 25.7 Å². The predicted molar refractivity (Wildman–Crippen MR) is 75.4 cm³/mol. The van der Waals surface area contributed by atoms with Crippen LogP contribution < -0.4 is 5.32 Å². The van der Waals surface area contributed by atoms with Crippen LogP contribution in [-0.4, -0.2) is 33.4 Å². The van der Waals surface area contributed by atoms with Gasteiger partial charge in [-0.1, -0.05) is 19.0 Å². The van der Waals surface area contributed by atoms with Gasteiger partial charge in [-0.15, -0.1) is 12.4 Å². The zero-order valence-electron chi connectivity index (χ0n) is 11.6. The molecule has 2 heterocycles. The molecule has 0 aliphatic carbocycles. The molecule has 0 bridgehead atoms. The van der Waals surface area contributed by atoms with Crippen LogP contribution in [0.1, 0.15) is 38.2 Å². The van der Waals surface area contributed by atoms with Crippen molar-refractivity contribution >= 4 is 12.4 Å². The van der Waals surface area contributed by atoms with E-state index in [2.05, 4.69) is 46.4 Å². The quantitative estimate of drug-likeness (QED) is 0.880. The topological polar surface area (TPSA) is 79.6 Å². The van der Waals surface area contributed by atoms with E-state index in [-0.39, 0.29) is 12.4 Å². The second-order valence-electron chi connectivity index (χ2n) is 4.77. The molecule has 0 aliphatic rings. The minimum absolute atomic E-state index is 0. The standard InChI is InChI=1S/C12H19N5O.ClH/c1-7(2)9-6-10(16-15-9)12-14-11(17-18-12)5-8(3)13-4;/h6-8,13H,5H2,1-4H3,(H,15,16);1H. The van der Waals surface area contributed by atoms with Crippen molar-refractivity contribution < 1.29 is 4.52 Å². The Morgan fingerprint density at radius 3 is 2.68 bits per heavy atom. The van der Waals surface area contributed by atoms with Gasteiger partial charge in [0, 0.05) is 18.2 Å². The van der Waals surface area contributed by atoms with Gasteiger partial charge in [0.05, 0.1) is 0 Å². The zero-order valence-corrected chi connectivity index (χ0v) is 12.4. The van der Waals surface area contributed by atoms with Crippen LogP contribution in [-0.2, 0) is 6.42 Å². The molecular weight excluding hydrogens is 266 g/mol. The molecule has 2 N–H and O–H groups in total. The van der Waals surface area contributed by atoms with E-state index < -0.39 is 0 Å². The largest absolute Gasteiger partial charge is 0.332 e. The molecule has 7 heteroatoms. The third-order valence-electron chi connectivity index (χ3n) is 2.89. The number of halogens is 1. The Kier molecular flexibility index (Phi) is 5.50. The van der Waals surface area contributed by atoms with E-state index in [1.807, 2.05) is 13.1 Å². The number of nitrogens with zero attached hydrogens (tertiary/aromatic N) is 3. The first-order chi connectivity index (χ1) is 8.60. The van der Waals surface area contributed by atoms with Crippen molar-refractivity contribution in [1.29, 1.82) is 0 Å². The van der Waals surface area contributed by atoms with Gasteiger partial charge in [-0.2, -0.15) is 10.1 Å². The monoisotopic (exact) mass is 285 g/mol. The normalized spacial score (nSPS) is 12.5. The van der Waals surface area contributed by atoms with Crippen LogP contribution >= 0.6 is 12.4 Å². The van der Waals surface area contributed by atoms with Crippen molar-refractivity contribution in [2.45, 2.75) is 39.2 Å². The highest BCUT2D eigenvalue weighted by Gasteiger charge is 2.14. The molecule has 0 spiro atoms. The molecule has 0 aliphatic heterocycles. The molecule has 0 saturated carbocycles. The smallest absolute Gasteiger partial charge is 0.278 e. The number of likely N-dealkylation sites (N-methyl/N-ethyl adjacent to an activating group) is 1. The van der Waals surface area contributed by atoms with E-state index in [9.17, 15) is 0 Å². The molecule has 0 fully saturated rings. The van der Waals surface area contributed by atoms with E-state index in [0.717, 1.165) is 12.1 Å². The Morgan fingerprint density at radius 1 is 1.37 bits per heavy atom. The van der Waals surface area contributed by atoms with Gasteiger partial charge in [-0.05, 0) is 26.0 Å². The first-order valence-electron chi connectivity index (χ1n) is 6.15. The lowest BCUT2D eigenvalue weighted by Gasteiger charge is -2.04. The van der Waals surface area contributed by atoms with Crippen LogP contribution in [0.15, 0.2) is 10.6 Å². The van der Waals surface area contributed by atoms with Crippen LogP contribution in [0.2, 0.25) is 0 Å². The number of aromatic amines is 1. The van der Waals surface area contributed by atoms with Crippen molar-refractivity contribution in [2.24, 2.45) is 0 Å². The summed E-state index contributed by atoms with van der Waals surface area (Å²) in [6.45, 7) is 6.28. The van der Waals surface area contributed by atoms with Gasteiger partial charge in [0.25, 0.3) is 5.89 Å². The second-order valence-corrected chi connectivity index (χ2v) is 4.77. The summed E-state index contributed by atoms with van der Waals surface area (Å²) in [5.41, 5.74) is 1.77. The number of hydrogen-bond donors (Lipinski definition) is 2. The van der Waals surface area contributed by atoms with E-state index in [1.54, 1.807) is 0 Å². The van der Waals surface area contributed by atoms with Crippen LogP contribution in [0.25, 0.3) is 11.6 Å². The fourth-order valence-electron chi connectivity index (χ4n) is 1.56. The summed E-state index contributed by atoms with van der Waals surface area (Å²) < 4.78 is 5.22. The molecule has 19 heavy (non-hydrogen) atoms. The molecule has 0 aromatic carbocycles. The Labute approximate surface area is 118 Å². The average Bonchev–Trinajstić information content (AvgIpc) is 2.96. The Hall–Kier alpha value is -1.40. The maximum Gasteiger partial charge on any atom is 0.278 e. The number of H-pyrrole nitrogens is 1. The highest BCUT2D eigenvalue weighted by Crippen LogP contribution is 2.19. The fourth-order valence-corrected chi connectivity index (χ4v) is 1.56. The van der Waals surface area contributed by atoms with Gasteiger partial charge < -0.3 is 9.84 Å². The lowest BCUT2D eigenvalue weighted by molar-refractivity contribution is 0.417. The third kappa shape index (κ3) is 3.78. The van der Waals surface area contributed by atoms with Crippen molar-refractivity contribution in [3.8, 4) is 11.6 Å².